The Morgan fingerprint density at radius 1 is 1.43 bits per heavy atom. The van der Waals surface area contributed by atoms with Crippen LogP contribution in [0.15, 0.2) is 27.4 Å². The first kappa shape index (κ1) is 7.85. The molecule has 0 bridgehead atoms. The molecule has 0 atom stereocenters. The van der Waals surface area contributed by atoms with Crippen molar-refractivity contribution < 1.29 is 4.42 Å². The SMILES string of the molecule is Cc1ccc2c(c1)oc(=O)n2C1CC1. The highest BCUT2D eigenvalue weighted by molar-refractivity contribution is 5.74. The maximum Gasteiger partial charge on any atom is 0.420 e. The van der Waals surface area contributed by atoms with Gasteiger partial charge in [0.1, 0.15) is 0 Å². The number of hydrogen-bond donors (Lipinski definition) is 0. The number of aromatic nitrogens is 1. The highest BCUT2D eigenvalue weighted by Gasteiger charge is 2.28. The fraction of sp³-hybridized carbons (Fsp3) is 0.364. The molecule has 0 amide bonds. The number of rotatable bonds is 1. The molecule has 1 aliphatic rings. The molecule has 0 radical (unpaired) electrons. The van der Waals surface area contributed by atoms with E-state index in [9.17, 15) is 4.79 Å². The average molecular weight is 189 g/mol. The van der Waals surface area contributed by atoms with Crippen molar-refractivity contribution in [3.05, 3.63) is 34.3 Å². The predicted octanol–water partition coefficient (Wildman–Crippen LogP) is 2.24. The van der Waals surface area contributed by atoms with Crippen LogP contribution in [0.3, 0.4) is 0 Å². The third-order valence-electron chi connectivity index (χ3n) is 2.68. The second kappa shape index (κ2) is 2.50. The molecule has 2 aromatic rings. The van der Waals surface area contributed by atoms with Gasteiger partial charge in [0, 0.05) is 6.04 Å². The van der Waals surface area contributed by atoms with Gasteiger partial charge in [-0.25, -0.2) is 4.79 Å². The third kappa shape index (κ3) is 1.02. The first-order chi connectivity index (χ1) is 6.75. The smallest absolute Gasteiger partial charge is 0.408 e. The molecule has 1 fully saturated rings. The number of hydrogen-bond acceptors (Lipinski definition) is 2. The van der Waals surface area contributed by atoms with Crippen molar-refractivity contribution in [3.8, 4) is 0 Å². The zero-order chi connectivity index (χ0) is 9.71. The Morgan fingerprint density at radius 2 is 2.21 bits per heavy atom. The zero-order valence-electron chi connectivity index (χ0n) is 7.99. The lowest BCUT2D eigenvalue weighted by Crippen LogP contribution is -2.11. The Morgan fingerprint density at radius 3 is 2.93 bits per heavy atom. The van der Waals surface area contributed by atoms with E-state index in [2.05, 4.69) is 0 Å². The molecule has 1 saturated carbocycles. The van der Waals surface area contributed by atoms with Crippen molar-refractivity contribution >= 4 is 11.1 Å². The molecule has 14 heavy (non-hydrogen) atoms. The summed E-state index contributed by atoms with van der Waals surface area (Å²) in [6, 6.07) is 6.27. The van der Waals surface area contributed by atoms with Crippen LogP contribution in [0.5, 0.6) is 0 Å². The van der Waals surface area contributed by atoms with Gasteiger partial charge in [-0.15, -0.1) is 0 Å². The van der Waals surface area contributed by atoms with Crippen LogP contribution in [-0.2, 0) is 0 Å². The molecule has 0 unspecified atom stereocenters. The van der Waals surface area contributed by atoms with Gasteiger partial charge in [0.15, 0.2) is 5.58 Å². The lowest BCUT2D eigenvalue weighted by molar-refractivity contribution is 0.509. The fourth-order valence-corrected chi connectivity index (χ4v) is 1.82. The molecule has 1 heterocycles. The molecule has 3 rings (SSSR count). The summed E-state index contributed by atoms with van der Waals surface area (Å²) in [5.41, 5.74) is 2.76. The summed E-state index contributed by atoms with van der Waals surface area (Å²) in [6.45, 7) is 1.99. The Balaban J connectivity index is 2.37. The van der Waals surface area contributed by atoms with E-state index >= 15 is 0 Å². The lowest BCUT2D eigenvalue weighted by atomic mass is 10.2. The second-order valence-electron chi connectivity index (χ2n) is 3.94. The van der Waals surface area contributed by atoms with Crippen molar-refractivity contribution in [2.24, 2.45) is 0 Å². The van der Waals surface area contributed by atoms with E-state index in [1.54, 1.807) is 4.57 Å². The number of oxazole rings is 1. The van der Waals surface area contributed by atoms with E-state index in [1.165, 1.54) is 0 Å². The summed E-state index contributed by atoms with van der Waals surface area (Å²) in [7, 11) is 0. The summed E-state index contributed by atoms with van der Waals surface area (Å²) in [6.07, 6.45) is 2.20. The van der Waals surface area contributed by atoms with Crippen molar-refractivity contribution in [1.82, 2.24) is 4.57 Å². The van der Waals surface area contributed by atoms with Gasteiger partial charge in [-0.05, 0) is 37.5 Å². The summed E-state index contributed by atoms with van der Waals surface area (Å²) in [4.78, 5) is 11.5. The van der Waals surface area contributed by atoms with Crippen LogP contribution in [0.1, 0.15) is 24.4 Å². The molecular weight excluding hydrogens is 178 g/mol. The van der Waals surface area contributed by atoms with Gasteiger partial charge in [-0.1, -0.05) is 6.07 Å². The molecule has 3 heteroatoms. The van der Waals surface area contributed by atoms with Crippen LogP contribution in [-0.4, -0.2) is 4.57 Å². The fourth-order valence-electron chi connectivity index (χ4n) is 1.82. The highest BCUT2D eigenvalue weighted by atomic mass is 16.4. The first-order valence-electron chi connectivity index (χ1n) is 4.87. The molecule has 0 N–H and O–H groups in total. The van der Waals surface area contributed by atoms with Gasteiger partial charge in [0.2, 0.25) is 0 Å². The van der Waals surface area contributed by atoms with E-state index in [0.717, 1.165) is 23.9 Å². The van der Waals surface area contributed by atoms with Crippen molar-refractivity contribution in [2.75, 3.05) is 0 Å². The maximum atomic E-state index is 11.5. The number of aryl methyl sites for hydroxylation is 1. The van der Waals surface area contributed by atoms with Gasteiger partial charge in [0.05, 0.1) is 5.52 Å². The van der Waals surface area contributed by atoms with Gasteiger partial charge in [-0.2, -0.15) is 0 Å². The molecular formula is C11H11NO2. The van der Waals surface area contributed by atoms with Crippen LogP contribution < -0.4 is 5.76 Å². The Labute approximate surface area is 81.0 Å². The summed E-state index contributed by atoms with van der Waals surface area (Å²) >= 11 is 0. The van der Waals surface area contributed by atoms with E-state index < -0.39 is 0 Å². The Hall–Kier alpha value is -1.51. The predicted molar refractivity (Wildman–Crippen MR) is 53.5 cm³/mol. The number of benzene rings is 1. The zero-order valence-corrected chi connectivity index (χ0v) is 7.99. The summed E-state index contributed by atoms with van der Waals surface area (Å²) < 4.78 is 6.96. The van der Waals surface area contributed by atoms with Crippen LogP contribution in [0, 0.1) is 6.92 Å². The normalized spacial score (nSPS) is 16.4. The minimum atomic E-state index is -0.215. The Bertz CT molecular complexity index is 546. The largest absolute Gasteiger partial charge is 0.420 e. The molecule has 1 aliphatic carbocycles. The van der Waals surface area contributed by atoms with E-state index in [4.69, 9.17) is 4.42 Å². The van der Waals surface area contributed by atoms with Crippen LogP contribution in [0.25, 0.3) is 11.1 Å². The van der Waals surface area contributed by atoms with Crippen LogP contribution in [0.4, 0.5) is 0 Å². The van der Waals surface area contributed by atoms with Gasteiger partial charge >= 0.3 is 5.76 Å². The molecule has 1 aromatic carbocycles. The third-order valence-corrected chi connectivity index (χ3v) is 2.68. The van der Waals surface area contributed by atoms with Crippen molar-refractivity contribution in [2.45, 2.75) is 25.8 Å². The quantitative estimate of drug-likeness (QED) is 0.689. The van der Waals surface area contributed by atoms with Gasteiger partial charge in [0.25, 0.3) is 0 Å². The van der Waals surface area contributed by atoms with E-state index in [-0.39, 0.29) is 5.76 Å². The van der Waals surface area contributed by atoms with Gasteiger partial charge < -0.3 is 4.42 Å². The molecule has 72 valence electrons. The molecule has 3 nitrogen and oxygen atoms in total. The monoisotopic (exact) mass is 189 g/mol. The summed E-state index contributed by atoms with van der Waals surface area (Å²) in [5.74, 6) is -0.215. The maximum absolute atomic E-state index is 11.5. The van der Waals surface area contributed by atoms with Gasteiger partial charge in [-0.3, -0.25) is 4.57 Å². The molecule has 0 saturated heterocycles. The molecule has 0 spiro atoms. The number of fused-ring (bicyclic) bond motifs is 1. The van der Waals surface area contributed by atoms with Crippen molar-refractivity contribution in [1.29, 1.82) is 0 Å². The minimum Gasteiger partial charge on any atom is -0.408 e. The van der Waals surface area contributed by atoms with Crippen LogP contribution in [0.2, 0.25) is 0 Å². The first-order valence-corrected chi connectivity index (χ1v) is 4.87. The summed E-state index contributed by atoms with van der Waals surface area (Å²) in [5, 5.41) is 0. The van der Waals surface area contributed by atoms with Crippen molar-refractivity contribution in [3.63, 3.8) is 0 Å². The standard InChI is InChI=1S/C11H11NO2/c1-7-2-5-9-10(6-7)14-11(13)12(9)8-3-4-8/h2,5-6,8H,3-4H2,1H3. The minimum absolute atomic E-state index is 0.215. The molecule has 0 aliphatic heterocycles. The lowest BCUT2D eigenvalue weighted by Gasteiger charge is -1.97. The van der Waals surface area contributed by atoms with E-state index in [1.807, 2.05) is 25.1 Å². The second-order valence-corrected chi connectivity index (χ2v) is 3.94. The topological polar surface area (TPSA) is 35.1 Å². The van der Waals surface area contributed by atoms with Crippen LogP contribution >= 0.6 is 0 Å². The average Bonchev–Trinajstić information content (AvgIpc) is 2.89. The highest BCUT2D eigenvalue weighted by Crippen LogP contribution is 2.36. The number of nitrogens with zero attached hydrogens (tertiary/aromatic N) is 1. The molecule has 1 aromatic heterocycles. The van der Waals surface area contributed by atoms with E-state index in [0.29, 0.717) is 11.6 Å². The Kier molecular flexibility index (Phi) is 1.40.